The van der Waals surface area contributed by atoms with Crippen molar-refractivity contribution in [1.82, 2.24) is 15.1 Å². The molecule has 11 nitrogen and oxygen atoms in total. The van der Waals surface area contributed by atoms with E-state index in [1.807, 2.05) is 35.2 Å². The summed E-state index contributed by atoms with van der Waals surface area (Å²) in [6.45, 7) is 12.3. The number of benzene rings is 1. The maximum absolute atomic E-state index is 14.3. The highest BCUT2D eigenvalue weighted by Crippen LogP contribution is 2.27. The highest BCUT2D eigenvalue weighted by molar-refractivity contribution is 7.80. The van der Waals surface area contributed by atoms with Crippen LogP contribution in [0.3, 0.4) is 0 Å². The lowest BCUT2D eigenvalue weighted by Crippen LogP contribution is -2.56. The number of rotatable bonds is 10. The number of amides is 2. The first-order chi connectivity index (χ1) is 20.6. The number of hydrogen-bond acceptors (Lipinski definition) is 9. The van der Waals surface area contributed by atoms with Gasteiger partial charge in [-0.15, -0.1) is 0 Å². The lowest BCUT2D eigenvalue weighted by atomic mass is 9.96. The fraction of sp³-hybridized carbons (Fsp3) is 0.656. The topological polar surface area (TPSA) is 124 Å². The molecule has 2 saturated heterocycles. The van der Waals surface area contributed by atoms with Crippen molar-refractivity contribution in [3.63, 3.8) is 0 Å². The minimum absolute atomic E-state index is 0.0683. The minimum Gasteiger partial charge on any atom is -0.461 e. The molecule has 0 unspecified atom stereocenters. The predicted octanol–water partition coefficient (Wildman–Crippen LogP) is 5.14. The molecular weight excluding hydrogens is 586 g/mol. The zero-order chi connectivity index (χ0) is 32.5. The van der Waals surface area contributed by atoms with E-state index in [2.05, 4.69) is 5.32 Å². The normalized spacial score (nSPS) is 18.3. The van der Waals surface area contributed by atoms with Gasteiger partial charge >= 0.3 is 18.2 Å². The van der Waals surface area contributed by atoms with Gasteiger partial charge in [-0.1, -0.05) is 30.3 Å². The van der Waals surface area contributed by atoms with Crippen molar-refractivity contribution in [2.75, 3.05) is 19.6 Å². The van der Waals surface area contributed by atoms with Crippen LogP contribution in [0, 0.1) is 0 Å². The number of nitrogens with zero attached hydrogens (tertiary/aromatic N) is 2. The highest BCUT2D eigenvalue weighted by Gasteiger charge is 2.45. The Labute approximate surface area is 265 Å². The van der Waals surface area contributed by atoms with E-state index in [4.69, 9.17) is 31.2 Å². The molecule has 1 N–H and O–H groups in total. The van der Waals surface area contributed by atoms with Crippen molar-refractivity contribution >= 4 is 41.3 Å². The number of esters is 1. The fourth-order valence-corrected chi connectivity index (χ4v) is 5.36. The van der Waals surface area contributed by atoms with Crippen LogP contribution in [0.2, 0.25) is 0 Å². The second-order valence-electron chi connectivity index (χ2n) is 13.2. The van der Waals surface area contributed by atoms with Gasteiger partial charge in [0.25, 0.3) is 5.17 Å². The third-order valence-corrected chi connectivity index (χ3v) is 7.42. The van der Waals surface area contributed by atoms with Crippen LogP contribution in [0.5, 0.6) is 0 Å². The number of carbonyl (C=O) groups excluding carboxylic acids is 4. The number of hydrogen-bond donors (Lipinski definition) is 1. The summed E-state index contributed by atoms with van der Waals surface area (Å²) in [6.07, 6.45) is 0.189. The standard InChI is InChI=1S/C32H47N3O8S/c1-31(2,3)42-28(38)33-23(16-17-25(36)40-21-22-13-8-7-9-14-22)26(37)27(41-30(44)34-18-10-11-19-34)24-15-12-20-35(24)29(39)43-32(4,5)6/h7-9,13-14,23-24,27H,10-12,15-21H2,1-6H3,(H,33,38)/t23-,24+,27+/m0/s1. The first-order valence-corrected chi connectivity index (χ1v) is 15.7. The fourth-order valence-electron chi connectivity index (χ4n) is 5.07. The number of thiocarbonyl (C=S) groups is 1. The van der Waals surface area contributed by atoms with Gasteiger partial charge in [0.2, 0.25) is 0 Å². The molecule has 0 bridgehead atoms. The Morgan fingerprint density at radius 1 is 0.932 bits per heavy atom. The summed E-state index contributed by atoms with van der Waals surface area (Å²) in [5, 5.41) is 2.80. The molecular formula is C32H47N3O8S. The van der Waals surface area contributed by atoms with Gasteiger partial charge in [-0.25, -0.2) is 9.59 Å². The second kappa shape index (κ2) is 15.5. The molecule has 2 fully saturated rings. The first-order valence-electron chi connectivity index (χ1n) is 15.3. The number of carbonyl (C=O) groups is 4. The van der Waals surface area contributed by atoms with E-state index in [0.717, 1.165) is 18.4 Å². The third-order valence-electron chi connectivity index (χ3n) is 7.06. The van der Waals surface area contributed by atoms with Crippen molar-refractivity contribution in [1.29, 1.82) is 0 Å². The molecule has 2 amide bonds. The number of Topliss-reactive ketones (excluding diaryl/α,β-unsaturated/α-hetero) is 1. The second-order valence-corrected chi connectivity index (χ2v) is 13.5. The van der Waals surface area contributed by atoms with Crippen LogP contribution in [-0.4, -0.2) is 87.9 Å². The monoisotopic (exact) mass is 633 g/mol. The van der Waals surface area contributed by atoms with Gasteiger partial charge in [-0.05, 0) is 91.4 Å². The molecule has 2 heterocycles. The average molecular weight is 634 g/mol. The van der Waals surface area contributed by atoms with Crippen LogP contribution < -0.4 is 5.32 Å². The summed E-state index contributed by atoms with van der Waals surface area (Å²) < 4.78 is 22.7. The maximum Gasteiger partial charge on any atom is 0.410 e. The van der Waals surface area contributed by atoms with E-state index in [1.54, 1.807) is 41.5 Å². The van der Waals surface area contributed by atoms with Gasteiger partial charge in [0.1, 0.15) is 17.8 Å². The van der Waals surface area contributed by atoms with Crippen molar-refractivity contribution < 1.29 is 38.1 Å². The Bertz CT molecular complexity index is 1160. The van der Waals surface area contributed by atoms with Gasteiger partial charge < -0.3 is 34.1 Å². The predicted molar refractivity (Wildman–Crippen MR) is 168 cm³/mol. The van der Waals surface area contributed by atoms with Crippen LogP contribution in [0.15, 0.2) is 30.3 Å². The summed E-state index contributed by atoms with van der Waals surface area (Å²) in [6, 6.07) is 7.37. The molecule has 12 heteroatoms. The molecule has 2 aliphatic rings. The van der Waals surface area contributed by atoms with Crippen LogP contribution in [0.4, 0.5) is 9.59 Å². The lowest BCUT2D eigenvalue weighted by molar-refractivity contribution is -0.145. The van der Waals surface area contributed by atoms with Crippen LogP contribution in [-0.2, 0) is 35.1 Å². The van der Waals surface area contributed by atoms with Crippen LogP contribution >= 0.6 is 12.2 Å². The van der Waals surface area contributed by atoms with Crippen molar-refractivity contribution in [3.8, 4) is 0 Å². The molecule has 2 aliphatic heterocycles. The van der Waals surface area contributed by atoms with Gasteiger partial charge in [-0.3, -0.25) is 9.59 Å². The minimum atomic E-state index is -1.21. The van der Waals surface area contributed by atoms with E-state index < -0.39 is 53.3 Å². The molecule has 244 valence electrons. The quantitative estimate of drug-likeness (QED) is 0.211. The van der Waals surface area contributed by atoms with Crippen LogP contribution in [0.25, 0.3) is 0 Å². The molecule has 0 spiro atoms. The summed E-state index contributed by atoms with van der Waals surface area (Å²) >= 11 is 5.60. The SMILES string of the molecule is CC(C)(C)OC(=O)N[C@@H](CCC(=O)OCc1ccccc1)C(=O)[C@H](OC(=S)N1CCCC1)[C@H]1CCCN1C(=O)OC(C)(C)C. The number of nitrogens with one attached hydrogen (secondary N) is 1. The summed E-state index contributed by atoms with van der Waals surface area (Å²) in [5.41, 5.74) is -0.734. The number of ketones is 1. The average Bonchev–Trinajstić information content (AvgIpc) is 3.64. The van der Waals surface area contributed by atoms with Crippen molar-refractivity contribution in [2.45, 2.75) is 116 Å². The summed E-state index contributed by atoms with van der Waals surface area (Å²) in [5.74, 6) is -1.05. The zero-order valence-corrected chi connectivity index (χ0v) is 27.6. The molecule has 44 heavy (non-hydrogen) atoms. The molecule has 1 aromatic carbocycles. The molecule has 3 rings (SSSR count). The van der Waals surface area contributed by atoms with Crippen molar-refractivity contribution in [3.05, 3.63) is 35.9 Å². The van der Waals surface area contributed by atoms with E-state index in [1.165, 1.54) is 4.90 Å². The van der Waals surface area contributed by atoms with E-state index in [9.17, 15) is 19.2 Å². The van der Waals surface area contributed by atoms with Crippen molar-refractivity contribution in [2.24, 2.45) is 0 Å². The van der Waals surface area contributed by atoms with Gasteiger partial charge in [0, 0.05) is 26.1 Å². The van der Waals surface area contributed by atoms with Gasteiger partial charge in [0.15, 0.2) is 11.9 Å². The van der Waals surface area contributed by atoms with Crippen LogP contribution in [0.1, 0.15) is 85.6 Å². The van der Waals surface area contributed by atoms with E-state index >= 15 is 0 Å². The smallest absolute Gasteiger partial charge is 0.410 e. The van der Waals surface area contributed by atoms with Gasteiger partial charge in [-0.2, -0.15) is 0 Å². The summed E-state index contributed by atoms with van der Waals surface area (Å²) in [7, 11) is 0. The molecule has 0 saturated carbocycles. The molecule has 0 aromatic heterocycles. The van der Waals surface area contributed by atoms with E-state index in [-0.39, 0.29) is 24.6 Å². The number of likely N-dealkylation sites (tertiary alicyclic amines) is 2. The lowest BCUT2D eigenvalue weighted by Gasteiger charge is -2.35. The van der Waals surface area contributed by atoms with Gasteiger partial charge in [0.05, 0.1) is 12.1 Å². The zero-order valence-electron chi connectivity index (χ0n) is 26.8. The largest absolute Gasteiger partial charge is 0.461 e. The molecule has 3 atom stereocenters. The first kappa shape index (κ1) is 35.1. The Balaban J connectivity index is 1.84. The highest BCUT2D eigenvalue weighted by atomic mass is 32.1. The molecule has 1 aromatic rings. The Kier molecular flexibility index (Phi) is 12.4. The number of alkyl carbamates (subject to hydrolysis) is 1. The van der Waals surface area contributed by atoms with E-state index in [0.29, 0.717) is 32.5 Å². The summed E-state index contributed by atoms with van der Waals surface area (Å²) in [4.78, 5) is 56.5. The molecule has 0 radical (unpaired) electrons. The Morgan fingerprint density at radius 2 is 1.57 bits per heavy atom. The maximum atomic E-state index is 14.3. The Hall–Kier alpha value is -3.41. The Morgan fingerprint density at radius 3 is 2.18 bits per heavy atom. The molecule has 0 aliphatic carbocycles. The third kappa shape index (κ3) is 11.3. The number of ether oxygens (including phenoxy) is 4.